The SMILES string of the molecule is CCNC(=NCCCCCC(=O)OC)NC1CCN(c2cc(OC)cc(OC)c2)C1.I. The Bertz CT molecular complexity index is 680. The molecule has 176 valence electrons. The summed E-state index contributed by atoms with van der Waals surface area (Å²) in [6.07, 6.45) is 4.27. The van der Waals surface area contributed by atoms with Crippen LogP contribution in [0.3, 0.4) is 0 Å². The van der Waals surface area contributed by atoms with E-state index in [1.807, 2.05) is 18.2 Å². The Kier molecular flexibility index (Phi) is 13.1. The minimum atomic E-state index is -0.145. The molecule has 0 radical (unpaired) electrons. The number of carbonyl (C=O) groups is 1. The predicted molar refractivity (Wildman–Crippen MR) is 135 cm³/mol. The number of ether oxygens (including phenoxy) is 3. The van der Waals surface area contributed by atoms with Crippen LogP contribution < -0.4 is 25.0 Å². The monoisotopic (exact) mass is 548 g/mol. The van der Waals surface area contributed by atoms with Crippen molar-refractivity contribution in [3.8, 4) is 11.5 Å². The Morgan fingerprint density at radius 3 is 2.45 bits per heavy atom. The number of hydrogen-bond donors (Lipinski definition) is 2. The lowest BCUT2D eigenvalue weighted by Gasteiger charge is -2.21. The maximum Gasteiger partial charge on any atom is 0.305 e. The molecule has 0 aromatic heterocycles. The molecule has 0 saturated carbocycles. The molecule has 1 atom stereocenters. The van der Waals surface area contributed by atoms with Crippen molar-refractivity contribution in [3.63, 3.8) is 0 Å². The Morgan fingerprint density at radius 1 is 1.13 bits per heavy atom. The fraction of sp³-hybridized carbons (Fsp3) is 0.636. The molecule has 1 aliphatic heterocycles. The first-order valence-electron chi connectivity index (χ1n) is 10.7. The molecular formula is C22H37IN4O4. The van der Waals surface area contributed by atoms with Crippen LogP contribution >= 0.6 is 24.0 Å². The summed E-state index contributed by atoms with van der Waals surface area (Å²) in [5.41, 5.74) is 1.10. The van der Waals surface area contributed by atoms with Gasteiger partial charge in [0.2, 0.25) is 0 Å². The van der Waals surface area contributed by atoms with Gasteiger partial charge in [0.25, 0.3) is 0 Å². The largest absolute Gasteiger partial charge is 0.497 e. The van der Waals surface area contributed by atoms with Crippen LogP contribution in [0, 0.1) is 0 Å². The van der Waals surface area contributed by atoms with Gasteiger partial charge in [0.05, 0.1) is 21.3 Å². The van der Waals surface area contributed by atoms with Crippen LogP contribution in [-0.4, -0.2) is 65.5 Å². The molecule has 2 N–H and O–H groups in total. The average molecular weight is 548 g/mol. The summed E-state index contributed by atoms with van der Waals surface area (Å²) in [6.45, 7) is 5.47. The number of esters is 1. The highest BCUT2D eigenvalue weighted by atomic mass is 127. The summed E-state index contributed by atoms with van der Waals surface area (Å²) in [4.78, 5) is 18.2. The predicted octanol–water partition coefficient (Wildman–Crippen LogP) is 3.19. The smallest absolute Gasteiger partial charge is 0.305 e. The summed E-state index contributed by atoms with van der Waals surface area (Å²) in [5, 5.41) is 6.88. The zero-order valence-corrected chi connectivity index (χ0v) is 21.4. The van der Waals surface area contributed by atoms with Crippen LogP contribution in [0.4, 0.5) is 5.69 Å². The van der Waals surface area contributed by atoms with Crippen molar-refractivity contribution in [2.75, 3.05) is 52.4 Å². The van der Waals surface area contributed by atoms with E-state index in [4.69, 9.17) is 9.47 Å². The Balaban J connectivity index is 0.00000480. The summed E-state index contributed by atoms with van der Waals surface area (Å²) in [6, 6.07) is 6.28. The average Bonchev–Trinajstić information content (AvgIpc) is 3.24. The molecule has 1 fully saturated rings. The van der Waals surface area contributed by atoms with E-state index in [1.165, 1.54) is 7.11 Å². The molecular weight excluding hydrogens is 511 g/mol. The van der Waals surface area contributed by atoms with Gasteiger partial charge in [-0.3, -0.25) is 9.79 Å². The summed E-state index contributed by atoms with van der Waals surface area (Å²) in [7, 11) is 4.76. The molecule has 0 spiro atoms. The van der Waals surface area contributed by atoms with Gasteiger partial charge in [-0.25, -0.2) is 0 Å². The third-order valence-electron chi connectivity index (χ3n) is 5.11. The number of methoxy groups -OCH3 is 3. The highest BCUT2D eigenvalue weighted by Crippen LogP contribution is 2.30. The van der Waals surface area contributed by atoms with E-state index in [0.717, 1.165) is 75.0 Å². The van der Waals surface area contributed by atoms with Crippen LogP contribution in [-0.2, 0) is 9.53 Å². The molecule has 2 rings (SSSR count). The highest BCUT2D eigenvalue weighted by Gasteiger charge is 2.24. The second-order valence-corrected chi connectivity index (χ2v) is 7.29. The number of benzene rings is 1. The van der Waals surface area contributed by atoms with Crippen molar-refractivity contribution in [1.29, 1.82) is 0 Å². The van der Waals surface area contributed by atoms with E-state index >= 15 is 0 Å². The summed E-state index contributed by atoms with van der Waals surface area (Å²) >= 11 is 0. The maximum atomic E-state index is 11.1. The molecule has 31 heavy (non-hydrogen) atoms. The van der Waals surface area contributed by atoms with Crippen LogP contribution in [0.1, 0.15) is 39.0 Å². The zero-order chi connectivity index (χ0) is 21.8. The van der Waals surface area contributed by atoms with Crippen LogP contribution in [0.25, 0.3) is 0 Å². The molecule has 1 saturated heterocycles. The first kappa shape index (κ1) is 27.1. The lowest BCUT2D eigenvalue weighted by molar-refractivity contribution is -0.140. The molecule has 1 aromatic carbocycles. The molecule has 1 aliphatic rings. The number of carbonyl (C=O) groups excluding carboxylic acids is 1. The van der Waals surface area contributed by atoms with Gasteiger partial charge in [-0.1, -0.05) is 6.42 Å². The van der Waals surface area contributed by atoms with E-state index in [1.54, 1.807) is 14.2 Å². The van der Waals surface area contributed by atoms with Crippen molar-refractivity contribution in [2.45, 2.75) is 45.1 Å². The summed E-state index contributed by atoms with van der Waals surface area (Å²) < 4.78 is 15.5. The molecule has 0 amide bonds. The third-order valence-corrected chi connectivity index (χ3v) is 5.11. The zero-order valence-electron chi connectivity index (χ0n) is 19.1. The van der Waals surface area contributed by atoms with Gasteiger partial charge < -0.3 is 29.7 Å². The molecule has 1 aromatic rings. The highest BCUT2D eigenvalue weighted by molar-refractivity contribution is 14.0. The number of aliphatic imine (C=N–C) groups is 1. The fourth-order valence-electron chi connectivity index (χ4n) is 3.45. The van der Waals surface area contributed by atoms with Crippen LogP contribution in [0.5, 0.6) is 11.5 Å². The van der Waals surface area contributed by atoms with Crippen molar-refractivity contribution >= 4 is 41.6 Å². The maximum absolute atomic E-state index is 11.1. The van der Waals surface area contributed by atoms with E-state index in [2.05, 4.69) is 32.2 Å². The number of hydrogen-bond acceptors (Lipinski definition) is 6. The van der Waals surface area contributed by atoms with Crippen molar-refractivity contribution < 1.29 is 19.0 Å². The number of anilines is 1. The number of unbranched alkanes of at least 4 members (excludes halogenated alkanes) is 2. The van der Waals surface area contributed by atoms with Crippen LogP contribution in [0.15, 0.2) is 23.2 Å². The molecule has 8 nitrogen and oxygen atoms in total. The minimum absolute atomic E-state index is 0. The van der Waals surface area contributed by atoms with Gasteiger partial charge in [-0.15, -0.1) is 24.0 Å². The second-order valence-electron chi connectivity index (χ2n) is 7.29. The van der Waals surface area contributed by atoms with Gasteiger partial charge in [-0.05, 0) is 26.2 Å². The lowest BCUT2D eigenvalue weighted by atomic mass is 10.2. The Labute approximate surface area is 203 Å². The third kappa shape index (κ3) is 9.40. The molecule has 0 aliphatic carbocycles. The fourth-order valence-corrected chi connectivity index (χ4v) is 3.45. The van der Waals surface area contributed by atoms with Crippen LogP contribution in [0.2, 0.25) is 0 Å². The normalized spacial score (nSPS) is 15.8. The van der Waals surface area contributed by atoms with Gasteiger partial charge in [0, 0.05) is 62.5 Å². The van der Waals surface area contributed by atoms with E-state index in [9.17, 15) is 4.79 Å². The molecule has 1 unspecified atom stereocenters. The van der Waals surface area contributed by atoms with E-state index in [0.29, 0.717) is 12.5 Å². The standard InChI is InChI=1S/C22H36N4O4.HI/c1-5-23-22(24-11-8-6-7-9-21(27)30-4)25-17-10-12-26(16-17)18-13-19(28-2)15-20(14-18)29-3;/h13-15,17H,5-12,16H2,1-4H3,(H2,23,24,25);1H. The van der Waals surface area contributed by atoms with Crippen molar-refractivity contribution in [3.05, 3.63) is 18.2 Å². The topological polar surface area (TPSA) is 84.4 Å². The first-order chi connectivity index (χ1) is 14.6. The van der Waals surface area contributed by atoms with Gasteiger partial charge in [0.15, 0.2) is 5.96 Å². The quantitative estimate of drug-likeness (QED) is 0.145. The van der Waals surface area contributed by atoms with Gasteiger partial charge in [-0.2, -0.15) is 0 Å². The minimum Gasteiger partial charge on any atom is -0.497 e. The molecule has 9 heteroatoms. The van der Waals surface area contributed by atoms with Gasteiger partial charge >= 0.3 is 5.97 Å². The van der Waals surface area contributed by atoms with Gasteiger partial charge in [0.1, 0.15) is 11.5 Å². The number of nitrogens with zero attached hydrogens (tertiary/aromatic N) is 2. The summed E-state index contributed by atoms with van der Waals surface area (Å²) in [5.74, 6) is 2.29. The Morgan fingerprint density at radius 2 is 1.84 bits per heavy atom. The second kappa shape index (κ2) is 15.0. The molecule has 1 heterocycles. The first-order valence-corrected chi connectivity index (χ1v) is 10.7. The number of rotatable bonds is 11. The molecule has 0 bridgehead atoms. The Hall–Kier alpha value is -1.91. The number of nitrogens with one attached hydrogen (secondary N) is 2. The number of guanidine groups is 1. The van der Waals surface area contributed by atoms with Crippen molar-refractivity contribution in [1.82, 2.24) is 10.6 Å². The van der Waals surface area contributed by atoms with Crippen molar-refractivity contribution in [2.24, 2.45) is 4.99 Å². The number of halogens is 1. The van der Waals surface area contributed by atoms with E-state index in [-0.39, 0.29) is 29.9 Å². The van der Waals surface area contributed by atoms with E-state index < -0.39 is 0 Å². The lowest BCUT2D eigenvalue weighted by Crippen LogP contribution is -2.44.